The minimum Gasteiger partial charge on any atom is -0.478 e. The van der Waals surface area contributed by atoms with Gasteiger partial charge in [-0.3, -0.25) is 0 Å². The van der Waals surface area contributed by atoms with Crippen LogP contribution >= 0.6 is 11.8 Å². The summed E-state index contributed by atoms with van der Waals surface area (Å²) in [4.78, 5) is 34.8. The molecule has 3 N–H and O–H groups in total. The van der Waals surface area contributed by atoms with E-state index in [9.17, 15) is 9.59 Å². The first-order valence-corrected chi connectivity index (χ1v) is 9.71. The van der Waals surface area contributed by atoms with Crippen molar-refractivity contribution in [3.05, 3.63) is 18.5 Å². The largest absolute Gasteiger partial charge is 0.478 e. The number of thioether (sulfide) groups is 1. The molecule has 3 rings (SSSR count). The van der Waals surface area contributed by atoms with Crippen molar-refractivity contribution < 1.29 is 24.5 Å². The van der Waals surface area contributed by atoms with Gasteiger partial charge in [-0.15, -0.1) is 11.8 Å². The number of carboxylic acid groups (broad SMARTS) is 2. The summed E-state index contributed by atoms with van der Waals surface area (Å²) in [7, 11) is 1.60. The van der Waals surface area contributed by atoms with Crippen molar-refractivity contribution in [2.45, 2.75) is 5.88 Å². The molecule has 1 aliphatic heterocycles. The smallest absolute Gasteiger partial charge is 0.328 e. The second-order valence-electron chi connectivity index (χ2n) is 5.59. The van der Waals surface area contributed by atoms with Crippen LogP contribution in [0.1, 0.15) is 0 Å². The van der Waals surface area contributed by atoms with Crippen molar-refractivity contribution in [3.63, 3.8) is 0 Å². The van der Waals surface area contributed by atoms with Crippen LogP contribution in [0, 0.1) is 0 Å². The zero-order valence-electron chi connectivity index (χ0n) is 15.5. The molecule has 2 aromatic heterocycles. The maximum absolute atomic E-state index is 9.55. The number of nitrogens with one attached hydrogen (secondary N) is 1. The lowest BCUT2D eigenvalue weighted by Crippen LogP contribution is -2.44. The van der Waals surface area contributed by atoms with Gasteiger partial charge in [0, 0.05) is 38.3 Å². The Kier molecular flexibility index (Phi) is 8.02. The molecule has 0 radical (unpaired) electrons. The Morgan fingerprint density at radius 3 is 2.43 bits per heavy atom. The Bertz CT molecular complexity index is 833. The van der Waals surface area contributed by atoms with Gasteiger partial charge in [-0.25, -0.2) is 14.6 Å². The van der Waals surface area contributed by atoms with Crippen molar-refractivity contribution in [3.8, 4) is 6.01 Å². The molecule has 11 nitrogen and oxygen atoms in total. The van der Waals surface area contributed by atoms with Crippen LogP contribution in [0.2, 0.25) is 0 Å². The number of anilines is 1. The molecule has 0 atom stereocenters. The lowest BCUT2D eigenvalue weighted by molar-refractivity contribution is -0.134. The summed E-state index contributed by atoms with van der Waals surface area (Å²) in [6.45, 7) is 3.76. The fraction of sp³-hybridized carbons (Fsp3) is 0.438. The van der Waals surface area contributed by atoms with E-state index in [1.54, 1.807) is 18.9 Å². The van der Waals surface area contributed by atoms with E-state index in [2.05, 4.69) is 31.4 Å². The first kappa shape index (κ1) is 21.4. The number of hydrogen-bond donors (Lipinski definition) is 3. The number of methoxy groups -OCH3 is 1. The molecular formula is C16H22N6O5S. The van der Waals surface area contributed by atoms with E-state index in [4.69, 9.17) is 14.9 Å². The molecule has 1 fully saturated rings. The van der Waals surface area contributed by atoms with Gasteiger partial charge in [-0.2, -0.15) is 9.97 Å². The molecule has 12 heteroatoms. The van der Waals surface area contributed by atoms with Gasteiger partial charge in [0.05, 0.1) is 19.3 Å². The van der Waals surface area contributed by atoms with Crippen LogP contribution in [0.15, 0.2) is 18.5 Å². The number of aromatic nitrogens is 4. The second kappa shape index (κ2) is 10.5. The van der Waals surface area contributed by atoms with E-state index in [1.165, 1.54) is 0 Å². The fourth-order valence-corrected chi connectivity index (χ4v) is 2.94. The number of piperazine rings is 1. The molecule has 0 saturated carbocycles. The maximum Gasteiger partial charge on any atom is 0.328 e. The molecule has 28 heavy (non-hydrogen) atoms. The van der Waals surface area contributed by atoms with E-state index in [1.807, 2.05) is 10.9 Å². The topological polar surface area (TPSA) is 143 Å². The number of rotatable bonds is 6. The van der Waals surface area contributed by atoms with Gasteiger partial charge < -0.3 is 29.7 Å². The summed E-state index contributed by atoms with van der Waals surface area (Å²) < 4.78 is 7.27. The van der Waals surface area contributed by atoms with Crippen LogP contribution in [-0.4, -0.2) is 81.2 Å². The number of carboxylic acids is 2. The highest BCUT2D eigenvalue weighted by molar-refractivity contribution is 7.97. The number of carbonyl (C=O) groups is 2. The van der Waals surface area contributed by atoms with Crippen LogP contribution in [0.5, 0.6) is 6.01 Å². The fourth-order valence-electron chi connectivity index (χ4n) is 2.47. The van der Waals surface area contributed by atoms with Crippen molar-refractivity contribution in [1.29, 1.82) is 0 Å². The molecule has 0 unspecified atom stereocenters. The summed E-state index contributed by atoms with van der Waals surface area (Å²) >= 11 is 1.73. The highest BCUT2D eigenvalue weighted by Gasteiger charge is 2.20. The summed E-state index contributed by atoms with van der Waals surface area (Å²) in [5.74, 6) is -0.828. The quantitative estimate of drug-likeness (QED) is 0.565. The Morgan fingerprint density at radius 2 is 1.89 bits per heavy atom. The Balaban J connectivity index is 0.000000300. The van der Waals surface area contributed by atoms with Gasteiger partial charge >= 0.3 is 17.9 Å². The van der Waals surface area contributed by atoms with E-state index < -0.39 is 11.9 Å². The Hall–Kier alpha value is -2.86. The third kappa shape index (κ3) is 5.82. The van der Waals surface area contributed by atoms with E-state index in [-0.39, 0.29) is 0 Å². The van der Waals surface area contributed by atoms with Crippen molar-refractivity contribution in [1.82, 2.24) is 24.8 Å². The highest BCUT2D eigenvalue weighted by atomic mass is 32.2. The lowest BCUT2D eigenvalue weighted by Gasteiger charge is -2.28. The predicted octanol–water partition coefficient (Wildman–Crippen LogP) is 0.277. The lowest BCUT2D eigenvalue weighted by atomic mass is 10.3. The summed E-state index contributed by atoms with van der Waals surface area (Å²) in [6, 6.07) is 0.397. The van der Waals surface area contributed by atoms with Gasteiger partial charge in [-0.05, 0) is 6.26 Å². The van der Waals surface area contributed by atoms with Gasteiger partial charge in [0.15, 0.2) is 17.0 Å². The van der Waals surface area contributed by atoms with E-state index in [0.717, 1.165) is 49.0 Å². The molecule has 2 aromatic rings. The van der Waals surface area contributed by atoms with Crippen LogP contribution < -0.4 is 15.0 Å². The average molecular weight is 410 g/mol. The molecule has 1 saturated heterocycles. The molecule has 0 amide bonds. The van der Waals surface area contributed by atoms with Crippen molar-refractivity contribution >= 4 is 40.7 Å². The minimum absolute atomic E-state index is 0.397. The normalized spacial score (nSPS) is 14.0. The number of aliphatic carboxylic acids is 2. The summed E-state index contributed by atoms with van der Waals surface area (Å²) in [5.41, 5.74) is 1.68. The van der Waals surface area contributed by atoms with Gasteiger partial charge in [0.1, 0.15) is 0 Å². The second-order valence-corrected chi connectivity index (χ2v) is 6.42. The van der Waals surface area contributed by atoms with Crippen LogP contribution in [0.25, 0.3) is 11.2 Å². The third-order valence-electron chi connectivity index (χ3n) is 3.66. The van der Waals surface area contributed by atoms with Gasteiger partial charge in [0.25, 0.3) is 0 Å². The Labute approximate surface area is 165 Å². The summed E-state index contributed by atoms with van der Waals surface area (Å²) in [5, 5.41) is 19.0. The van der Waals surface area contributed by atoms with Crippen LogP contribution in [-0.2, 0) is 15.5 Å². The van der Waals surface area contributed by atoms with E-state index in [0.29, 0.717) is 18.2 Å². The number of imidazole rings is 1. The molecular weight excluding hydrogens is 388 g/mol. The number of nitrogens with zero attached hydrogens (tertiary/aromatic N) is 5. The minimum atomic E-state index is -1.26. The SMILES string of the molecule is COc1nc(N2CCNCC2)c2ncn(CSC)c2n1.O=C(O)/C=C\C(=O)O. The van der Waals surface area contributed by atoms with E-state index >= 15 is 0 Å². The molecule has 1 aliphatic rings. The molecule has 0 bridgehead atoms. The maximum atomic E-state index is 9.55. The molecule has 0 aromatic carbocycles. The molecule has 0 aliphatic carbocycles. The van der Waals surface area contributed by atoms with Crippen LogP contribution in [0.4, 0.5) is 5.82 Å². The van der Waals surface area contributed by atoms with Crippen LogP contribution in [0.3, 0.4) is 0 Å². The highest BCUT2D eigenvalue weighted by Crippen LogP contribution is 2.25. The predicted molar refractivity (Wildman–Crippen MR) is 105 cm³/mol. The van der Waals surface area contributed by atoms with Gasteiger partial charge in [-0.1, -0.05) is 0 Å². The number of ether oxygens (including phenoxy) is 1. The monoisotopic (exact) mass is 410 g/mol. The zero-order chi connectivity index (χ0) is 20.5. The number of hydrogen-bond acceptors (Lipinski definition) is 9. The third-order valence-corrected chi connectivity index (χ3v) is 4.20. The summed E-state index contributed by atoms with van der Waals surface area (Å²) in [6.07, 6.45) is 4.99. The molecule has 3 heterocycles. The Morgan fingerprint density at radius 1 is 1.25 bits per heavy atom. The standard InChI is InChI=1S/C12H18N6OS.C4H4O4/c1-19-12-15-10(17-5-3-13-4-6-17)9-11(16-12)18(7-14-9)8-20-2;5-3(6)1-2-4(7)8/h7,13H,3-6,8H2,1-2H3;1-2H,(H,5,6)(H,7,8)/b;2-1-. The average Bonchev–Trinajstić information content (AvgIpc) is 3.10. The molecule has 152 valence electrons. The zero-order valence-corrected chi connectivity index (χ0v) is 16.3. The van der Waals surface area contributed by atoms with Crippen molar-refractivity contribution in [2.24, 2.45) is 0 Å². The molecule has 0 spiro atoms. The number of fused-ring (bicyclic) bond motifs is 1. The van der Waals surface area contributed by atoms with Gasteiger partial charge in [0.2, 0.25) is 0 Å². The van der Waals surface area contributed by atoms with Crippen molar-refractivity contribution in [2.75, 3.05) is 44.4 Å². The first-order valence-electron chi connectivity index (χ1n) is 8.31. The first-order chi connectivity index (χ1) is 13.5.